The van der Waals surface area contributed by atoms with E-state index in [1.165, 1.54) is 17.4 Å². The summed E-state index contributed by atoms with van der Waals surface area (Å²) >= 11 is 7.12. The van der Waals surface area contributed by atoms with Crippen molar-refractivity contribution in [3.05, 3.63) is 46.3 Å². The van der Waals surface area contributed by atoms with E-state index in [-0.39, 0.29) is 11.4 Å². The van der Waals surface area contributed by atoms with Crippen LogP contribution < -0.4 is 5.73 Å². The number of nitrogens with two attached hydrogens (primary N) is 1. The molecule has 7 heteroatoms. The van der Waals surface area contributed by atoms with Gasteiger partial charge in [-0.25, -0.2) is 8.78 Å². The van der Waals surface area contributed by atoms with E-state index in [2.05, 4.69) is 5.16 Å². The van der Waals surface area contributed by atoms with Crippen LogP contribution in [0.2, 0.25) is 4.34 Å². The van der Waals surface area contributed by atoms with E-state index >= 15 is 0 Å². The first kappa shape index (κ1) is 13.1. The Morgan fingerprint density at radius 3 is 2.65 bits per heavy atom. The van der Waals surface area contributed by atoms with Gasteiger partial charge in [0.05, 0.1) is 14.8 Å². The molecule has 2 aromatic heterocycles. The van der Waals surface area contributed by atoms with Gasteiger partial charge in [0.15, 0.2) is 11.6 Å². The maximum atomic E-state index is 13.9. The minimum absolute atomic E-state index is 0.0371. The van der Waals surface area contributed by atoms with Gasteiger partial charge in [-0.15, -0.1) is 11.3 Å². The number of rotatable bonds is 2. The number of nitrogen functional groups attached to an aromatic ring is 1. The number of nitrogens with zero attached hydrogens (tertiary/aromatic N) is 1. The number of thiophene rings is 1. The van der Waals surface area contributed by atoms with Gasteiger partial charge in [-0.2, -0.15) is 0 Å². The van der Waals surface area contributed by atoms with Crippen molar-refractivity contribution in [1.82, 2.24) is 5.16 Å². The molecule has 3 aromatic rings. The van der Waals surface area contributed by atoms with Gasteiger partial charge < -0.3 is 10.3 Å². The van der Waals surface area contributed by atoms with Crippen molar-refractivity contribution in [2.45, 2.75) is 0 Å². The fourth-order valence-electron chi connectivity index (χ4n) is 1.86. The lowest BCUT2D eigenvalue weighted by atomic mass is 10.0. The highest BCUT2D eigenvalue weighted by Gasteiger charge is 2.21. The van der Waals surface area contributed by atoms with Gasteiger partial charge in [-0.1, -0.05) is 16.8 Å². The Labute approximate surface area is 121 Å². The van der Waals surface area contributed by atoms with Crippen LogP contribution in [0.1, 0.15) is 0 Å². The second-order valence-corrected chi connectivity index (χ2v) is 5.71. The molecule has 0 radical (unpaired) electrons. The maximum Gasteiger partial charge on any atom is 0.187 e. The predicted molar refractivity (Wildman–Crippen MR) is 74.6 cm³/mol. The van der Waals surface area contributed by atoms with Gasteiger partial charge in [0.2, 0.25) is 0 Å². The Morgan fingerprint density at radius 2 is 2.00 bits per heavy atom. The van der Waals surface area contributed by atoms with E-state index in [1.807, 2.05) is 0 Å². The van der Waals surface area contributed by atoms with E-state index in [0.717, 1.165) is 12.1 Å². The van der Waals surface area contributed by atoms with E-state index in [9.17, 15) is 8.78 Å². The predicted octanol–water partition coefficient (Wildman–Crippen LogP) is 4.58. The third-order valence-corrected chi connectivity index (χ3v) is 3.95. The molecule has 0 saturated heterocycles. The van der Waals surface area contributed by atoms with Crippen LogP contribution in [-0.2, 0) is 0 Å². The number of aromatic nitrogens is 1. The molecule has 0 aliphatic heterocycles. The molecule has 2 N–H and O–H groups in total. The first-order chi connectivity index (χ1) is 9.56. The molecule has 102 valence electrons. The fraction of sp³-hybridized carbons (Fsp3) is 0. The highest BCUT2D eigenvalue weighted by atomic mass is 35.5. The van der Waals surface area contributed by atoms with E-state index in [4.69, 9.17) is 21.9 Å². The first-order valence-corrected chi connectivity index (χ1v) is 6.72. The van der Waals surface area contributed by atoms with Crippen LogP contribution in [-0.4, -0.2) is 5.16 Å². The molecule has 0 saturated carbocycles. The van der Waals surface area contributed by atoms with Gasteiger partial charge in [0, 0.05) is 11.6 Å². The van der Waals surface area contributed by atoms with Gasteiger partial charge in [-0.05, 0) is 24.3 Å². The van der Waals surface area contributed by atoms with Crippen LogP contribution in [0.3, 0.4) is 0 Å². The summed E-state index contributed by atoms with van der Waals surface area (Å²) in [6.45, 7) is 0. The highest BCUT2D eigenvalue weighted by Crippen LogP contribution is 2.41. The van der Waals surface area contributed by atoms with Crippen LogP contribution >= 0.6 is 22.9 Å². The number of halogens is 3. The number of hydrogen-bond donors (Lipinski definition) is 1. The Balaban J connectivity index is 2.21. The number of hydrogen-bond acceptors (Lipinski definition) is 4. The number of anilines is 1. The summed E-state index contributed by atoms with van der Waals surface area (Å²) in [5.41, 5.74) is 6.15. The summed E-state index contributed by atoms with van der Waals surface area (Å²) in [6.07, 6.45) is 0. The lowest BCUT2D eigenvalue weighted by molar-refractivity contribution is 0.437. The maximum absolute atomic E-state index is 13.9. The molecular formula is C13H7ClF2N2OS. The average Bonchev–Trinajstić information content (AvgIpc) is 2.96. The van der Waals surface area contributed by atoms with E-state index < -0.39 is 11.6 Å². The van der Waals surface area contributed by atoms with Crippen LogP contribution in [0.5, 0.6) is 0 Å². The molecule has 0 atom stereocenters. The van der Waals surface area contributed by atoms with Crippen LogP contribution in [0.15, 0.2) is 34.9 Å². The second kappa shape index (κ2) is 4.88. The summed E-state index contributed by atoms with van der Waals surface area (Å²) in [7, 11) is 0. The third-order valence-electron chi connectivity index (χ3n) is 2.72. The van der Waals surface area contributed by atoms with E-state index in [0.29, 0.717) is 20.5 Å². The molecular weight excluding hydrogens is 306 g/mol. The topological polar surface area (TPSA) is 52.0 Å². The van der Waals surface area contributed by atoms with Crippen LogP contribution in [0.25, 0.3) is 21.8 Å². The zero-order chi connectivity index (χ0) is 14.3. The summed E-state index contributed by atoms with van der Waals surface area (Å²) < 4.78 is 32.6. The Kier molecular flexibility index (Phi) is 3.19. The van der Waals surface area contributed by atoms with Gasteiger partial charge >= 0.3 is 0 Å². The largest absolute Gasteiger partial charge is 0.380 e. The van der Waals surface area contributed by atoms with Crippen molar-refractivity contribution >= 4 is 28.8 Å². The molecule has 0 aliphatic rings. The molecule has 20 heavy (non-hydrogen) atoms. The summed E-state index contributed by atoms with van der Waals surface area (Å²) in [5, 5.41) is 3.65. The Morgan fingerprint density at radius 1 is 1.20 bits per heavy atom. The molecule has 0 bridgehead atoms. The molecule has 0 amide bonds. The zero-order valence-corrected chi connectivity index (χ0v) is 11.4. The molecule has 3 nitrogen and oxygen atoms in total. The monoisotopic (exact) mass is 312 g/mol. The van der Waals surface area contributed by atoms with Crippen molar-refractivity contribution in [3.8, 4) is 21.8 Å². The van der Waals surface area contributed by atoms with Crippen LogP contribution in [0.4, 0.5) is 14.6 Å². The van der Waals surface area contributed by atoms with Crippen molar-refractivity contribution in [1.29, 1.82) is 0 Å². The van der Waals surface area contributed by atoms with Gasteiger partial charge in [0.25, 0.3) is 0 Å². The fourth-order valence-corrected chi connectivity index (χ4v) is 2.89. The average molecular weight is 313 g/mol. The molecule has 0 unspecified atom stereocenters. The molecule has 0 fully saturated rings. The molecule has 3 rings (SSSR count). The van der Waals surface area contributed by atoms with Crippen molar-refractivity contribution in [3.63, 3.8) is 0 Å². The smallest absolute Gasteiger partial charge is 0.187 e. The Bertz CT molecular complexity index is 785. The van der Waals surface area contributed by atoms with Gasteiger partial charge in [0.1, 0.15) is 11.6 Å². The van der Waals surface area contributed by atoms with Crippen LogP contribution in [0, 0.1) is 11.6 Å². The molecule has 1 aromatic carbocycles. The SMILES string of the molecule is Nc1noc(-c2ccc(Cl)s2)c1-c1ccc(F)cc1F. The quantitative estimate of drug-likeness (QED) is 0.753. The normalized spacial score (nSPS) is 10.9. The molecule has 0 aliphatic carbocycles. The summed E-state index contributed by atoms with van der Waals surface area (Å²) in [4.78, 5) is 0.665. The summed E-state index contributed by atoms with van der Waals surface area (Å²) in [6, 6.07) is 6.64. The van der Waals surface area contributed by atoms with Crippen molar-refractivity contribution in [2.24, 2.45) is 0 Å². The van der Waals surface area contributed by atoms with E-state index in [1.54, 1.807) is 12.1 Å². The lowest BCUT2D eigenvalue weighted by Gasteiger charge is -2.03. The second-order valence-electron chi connectivity index (χ2n) is 4.00. The Hall–Kier alpha value is -1.92. The lowest BCUT2D eigenvalue weighted by Crippen LogP contribution is -1.92. The van der Waals surface area contributed by atoms with Gasteiger partial charge in [-0.3, -0.25) is 0 Å². The minimum Gasteiger partial charge on any atom is -0.380 e. The molecule has 2 heterocycles. The minimum atomic E-state index is -0.733. The first-order valence-electron chi connectivity index (χ1n) is 5.52. The van der Waals surface area contributed by atoms with Crippen molar-refractivity contribution < 1.29 is 13.3 Å². The standard InChI is InChI=1S/C13H7ClF2N2OS/c14-10-4-3-9(20-10)12-11(13(17)18-19-12)7-2-1-6(15)5-8(7)16/h1-5H,(H2,17,18). The third kappa shape index (κ3) is 2.17. The molecule has 0 spiro atoms. The summed E-state index contributed by atoms with van der Waals surface area (Å²) in [5.74, 6) is -1.05. The zero-order valence-electron chi connectivity index (χ0n) is 9.86. The highest BCUT2D eigenvalue weighted by molar-refractivity contribution is 7.19. The number of benzene rings is 1. The van der Waals surface area contributed by atoms with Crippen molar-refractivity contribution in [2.75, 3.05) is 5.73 Å².